The van der Waals surface area contributed by atoms with Crippen LogP contribution in [0.4, 0.5) is 5.82 Å². The fourth-order valence-electron chi connectivity index (χ4n) is 1.52. The first-order chi connectivity index (χ1) is 8.83. The van der Waals surface area contributed by atoms with E-state index >= 15 is 0 Å². The second kappa shape index (κ2) is 6.88. The number of aryl methyl sites for hydroxylation is 1. The summed E-state index contributed by atoms with van der Waals surface area (Å²) in [5, 5.41) is 3.81. The molecule has 1 aromatic heterocycles. The quantitative estimate of drug-likeness (QED) is 0.679. The average Bonchev–Trinajstić information content (AvgIpc) is 2.63. The van der Waals surface area contributed by atoms with Crippen LogP contribution in [0.3, 0.4) is 0 Å². The molecule has 1 heterocycles. The Morgan fingerprint density at radius 1 is 1.47 bits per heavy atom. The number of aromatic nitrogens is 2. The Bertz CT molecular complexity index is 496. The van der Waals surface area contributed by atoms with Gasteiger partial charge in [0.2, 0.25) is 10.0 Å². The highest BCUT2D eigenvalue weighted by Crippen LogP contribution is 2.14. The smallest absolute Gasteiger partial charge is 0.245 e. The number of ether oxygens (including phenoxy) is 1. The summed E-state index contributed by atoms with van der Waals surface area (Å²) < 4.78 is 33.1. The highest BCUT2D eigenvalue weighted by atomic mass is 32.2. The Kier molecular flexibility index (Phi) is 5.77. The van der Waals surface area contributed by atoms with Crippen LogP contribution in [0, 0.1) is 0 Å². The average molecular weight is 290 g/mol. The summed E-state index contributed by atoms with van der Waals surface area (Å²) in [4.78, 5) is 0.0217. The van der Waals surface area contributed by atoms with Crippen LogP contribution in [0.1, 0.15) is 26.7 Å². The lowest BCUT2D eigenvalue weighted by molar-refractivity contribution is 0.0762. The second-order valence-electron chi connectivity index (χ2n) is 4.58. The van der Waals surface area contributed by atoms with Crippen molar-refractivity contribution in [2.24, 2.45) is 7.05 Å². The van der Waals surface area contributed by atoms with Crippen LogP contribution in [-0.2, 0) is 21.8 Å². The Morgan fingerprint density at radius 2 is 2.16 bits per heavy atom. The summed E-state index contributed by atoms with van der Waals surface area (Å²) in [5.74, 6) is 0.0122. The number of nitrogens with two attached hydrogens (primary N) is 1. The predicted molar refractivity (Wildman–Crippen MR) is 73.1 cm³/mol. The topological polar surface area (TPSA) is 99.2 Å². The number of nitrogens with zero attached hydrogens (tertiary/aromatic N) is 2. The maximum atomic E-state index is 11.9. The van der Waals surface area contributed by atoms with Gasteiger partial charge in [0.25, 0.3) is 0 Å². The third-order valence-electron chi connectivity index (χ3n) is 2.43. The molecule has 19 heavy (non-hydrogen) atoms. The fourth-order valence-corrected chi connectivity index (χ4v) is 2.70. The van der Waals surface area contributed by atoms with E-state index in [9.17, 15) is 8.42 Å². The van der Waals surface area contributed by atoms with Crippen LogP contribution in [0.15, 0.2) is 11.1 Å². The van der Waals surface area contributed by atoms with Crippen molar-refractivity contribution in [3.8, 4) is 0 Å². The molecular formula is C11H22N4O3S. The van der Waals surface area contributed by atoms with Gasteiger partial charge in [0.1, 0.15) is 4.90 Å². The van der Waals surface area contributed by atoms with Gasteiger partial charge in [-0.15, -0.1) is 0 Å². The van der Waals surface area contributed by atoms with Gasteiger partial charge < -0.3 is 10.5 Å². The van der Waals surface area contributed by atoms with Gasteiger partial charge in [-0.25, -0.2) is 13.1 Å². The van der Waals surface area contributed by atoms with Crippen LogP contribution in [0.5, 0.6) is 0 Å². The van der Waals surface area contributed by atoms with Crippen LogP contribution in [-0.4, -0.2) is 37.5 Å². The van der Waals surface area contributed by atoms with E-state index in [-0.39, 0.29) is 16.8 Å². The maximum Gasteiger partial charge on any atom is 0.245 e. The molecule has 3 N–H and O–H groups in total. The number of hydrogen-bond donors (Lipinski definition) is 2. The fraction of sp³-hybridized carbons (Fsp3) is 0.727. The second-order valence-corrected chi connectivity index (χ2v) is 6.31. The number of anilines is 1. The van der Waals surface area contributed by atoms with E-state index in [2.05, 4.69) is 9.82 Å². The summed E-state index contributed by atoms with van der Waals surface area (Å²) in [5.41, 5.74) is 5.54. The first-order valence-electron chi connectivity index (χ1n) is 6.23. The van der Waals surface area contributed by atoms with E-state index in [1.165, 1.54) is 10.9 Å². The summed E-state index contributed by atoms with van der Waals surface area (Å²) >= 11 is 0. The molecule has 0 atom stereocenters. The molecule has 7 nitrogen and oxygen atoms in total. The molecule has 0 aliphatic heterocycles. The number of unbranched alkanes of at least 4 members (excludes halogenated alkanes) is 1. The number of nitrogen functional groups attached to an aromatic ring is 1. The summed E-state index contributed by atoms with van der Waals surface area (Å²) in [6.07, 6.45) is 3.11. The summed E-state index contributed by atoms with van der Waals surface area (Å²) in [7, 11) is -1.95. The lowest BCUT2D eigenvalue weighted by Crippen LogP contribution is -2.25. The van der Waals surface area contributed by atoms with Gasteiger partial charge in [-0.05, 0) is 26.7 Å². The molecule has 0 saturated carbocycles. The molecule has 110 valence electrons. The monoisotopic (exact) mass is 290 g/mol. The Hall–Kier alpha value is -1.12. The molecule has 0 amide bonds. The lowest BCUT2D eigenvalue weighted by atomic mass is 10.3. The molecule has 0 aromatic carbocycles. The molecule has 0 bridgehead atoms. The van der Waals surface area contributed by atoms with Crippen LogP contribution >= 0.6 is 0 Å². The number of rotatable bonds is 8. The zero-order chi connectivity index (χ0) is 14.5. The largest absolute Gasteiger partial charge is 0.381 e. The van der Waals surface area contributed by atoms with E-state index in [0.717, 1.165) is 6.42 Å². The van der Waals surface area contributed by atoms with Gasteiger partial charge in [0.05, 0.1) is 6.10 Å². The number of hydrogen-bond acceptors (Lipinski definition) is 5. The third kappa shape index (κ3) is 5.17. The van der Waals surface area contributed by atoms with E-state index in [0.29, 0.717) is 19.6 Å². The minimum absolute atomic E-state index is 0.0122. The normalized spacial score (nSPS) is 12.2. The van der Waals surface area contributed by atoms with Crippen LogP contribution < -0.4 is 10.5 Å². The van der Waals surface area contributed by atoms with Gasteiger partial charge in [0, 0.05) is 26.4 Å². The van der Waals surface area contributed by atoms with Gasteiger partial charge in [-0.1, -0.05) is 0 Å². The van der Waals surface area contributed by atoms with Gasteiger partial charge >= 0.3 is 0 Å². The van der Waals surface area contributed by atoms with Crippen molar-refractivity contribution >= 4 is 15.8 Å². The van der Waals surface area contributed by atoms with E-state index in [1.54, 1.807) is 7.05 Å². The molecule has 0 saturated heterocycles. The minimum Gasteiger partial charge on any atom is -0.381 e. The molecule has 8 heteroatoms. The molecule has 1 aromatic rings. The Balaban J connectivity index is 2.38. The minimum atomic E-state index is -3.57. The molecule has 1 rings (SSSR count). The van der Waals surface area contributed by atoms with Gasteiger partial charge in [-0.3, -0.25) is 4.68 Å². The molecule has 0 fully saturated rings. The molecule has 0 aliphatic rings. The van der Waals surface area contributed by atoms with E-state index in [4.69, 9.17) is 10.5 Å². The Labute approximate surface area is 114 Å². The van der Waals surface area contributed by atoms with Crippen LogP contribution in [0.2, 0.25) is 0 Å². The zero-order valence-corrected chi connectivity index (χ0v) is 12.4. The van der Waals surface area contributed by atoms with Gasteiger partial charge in [-0.2, -0.15) is 5.10 Å². The first kappa shape index (κ1) is 15.9. The third-order valence-corrected chi connectivity index (χ3v) is 3.90. The molecule has 0 unspecified atom stereocenters. The maximum absolute atomic E-state index is 11.9. The first-order valence-corrected chi connectivity index (χ1v) is 7.71. The molecular weight excluding hydrogens is 268 g/mol. The van der Waals surface area contributed by atoms with Gasteiger partial charge in [0.15, 0.2) is 5.82 Å². The van der Waals surface area contributed by atoms with Crippen molar-refractivity contribution in [1.29, 1.82) is 0 Å². The van der Waals surface area contributed by atoms with Crippen molar-refractivity contribution in [3.63, 3.8) is 0 Å². The van der Waals surface area contributed by atoms with Crippen LogP contribution in [0.25, 0.3) is 0 Å². The van der Waals surface area contributed by atoms with Crippen molar-refractivity contribution in [2.45, 2.75) is 37.7 Å². The van der Waals surface area contributed by atoms with Crippen molar-refractivity contribution in [1.82, 2.24) is 14.5 Å². The van der Waals surface area contributed by atoms with E-state index < -0.39 is 10.0 Å². The molecule has 0 spiro atoms. The number of nitrogens with one attached hydrogen (secondary N) is 1. The zero-order valence-electron chi connectivity index (χ0n) is 11.6. The summed E-state index contributed by atoms with van der Waals surface area (Å²) in [6.45, 7) is 4.92. The number of sulfonamides is 1. The lowest BCUT2D eigenvalue weighted by Gasteiger charge is -2.08. The highest BCUT2D eigenvalue weighted by Gasteiger charge is 2.19. The molecule has 0 radical (unpaired) electrons. The van der Waals surface area contributed by atoms with Crippen molar-refractivity contribution in [3.05, 3.63) is 6.20 Å². The van der Waals surface area contributed by atoms with Crippen molar-refractivity contribution in [2.75, 3.05) is 18.9 Å². The Morgan fingerprint density at radius 3 is 2.68 bits per heavy atom. The standard InChI is InChI=1S/C11H22N4O3S/c1-9(2)18-7-5-4-6-13-19(16,17)10-8-15(3)14-11(10)12/h8-9,13H,4-7H2,1-3H3,(H2,12,14). The SMILES string of the molecule is CC(C)OCCCCNS(=O)(=O)c1cn(C)nc1N. The van der Waals surface area contributed by atoms with Crippen molar-refractivity contribution < 1.29 is 13.2 Å². The van der Waals surface area contributed by atoms with E-state index in [1.807, 2.05) is 13.8 Å². The predicted octanol–water partition coefficient (Wildman–Crippen LogP) is 0.486. The highest BCUT2D eigenvalue weighted by molar-refractivity contribution is 7.89. The summed E-state index contributed by atoms with van der Waals surface area (Å²) in [6, 6.07) is 0. The molecule has 0 aliphatic carbocycles.